The van der Waals surface area contributed by atoms with E-state index >= 15 is 0 Å². The van der Waals surface area contributed by atoms with Crippen LogP contribution in [0.1, 0.15) is 15.2 Å². The van der Waals surface area contributed by atoms with Gasteiger partial charge in [-0.3, -0.25) is 4.79 Å². The molecule has 0 aliphatic carbocycles. The van der Waals surface area contributed by atoms with Crippen molar-refractivity contribution >= 4 is 38.4 Å². The highest BCUT2D eigenvalue weighted by Gasteiger charge is 2.13. The van der Waals surface area contributed by atoms with Crippen molar-refractivity contribution in [1.29, 1.82) is 0 Å². The molecule has 5 nitrogen and oxygen atoms in total. The number of amides is 1. The summed E-state index contributed by atoms with van der Waals surface area (Å²) in [6.07, 6.45) is 0. The molecule has 4 rings (SSSR count). The van der Waals surface area contributed by atoms with Crippen LogP contribution in [0.25, 0.3) is 21.1 Å². The lowest BCUT2D eigenvalue weighted by Crippen LogP contribution is -2.22. The first kappa shape index (κ1) is 17.3. The largest absolute Gasteiger partial charge is 0.497 e. The number of methoxy groups -OCH3 is 2. The molecule has 0 radical (unpaired) electrons. The normalized spacial score (nSPS) is 10.9. The first-order valence-electron chi connectivity index (χ1n) is 8.46. The zero-order chi connectivity index (χ0) is 18.8. The highest BCUT2D eigenvalue weighted by atomic mass is 32.1. The molecule has 1 amide bonds. The Kier molecular flexibility index (Phi) is 4.64. The Morgan fingerprint density at radius 3 is 2.70 bits per heavy atom. The summed E-state index contributed by atoms with van der Waals surface area (Å²) in [5.74, 6) is 1.43. The lowest BCUT2D eigenvalue weighted by molar-refractivity contribution is 0.0955. The van der Waals surface area contributed by atoms with Crippen LogP contribution in [0.4, 0.5) is 0 Å². The van der Waals surface area contributed by atoms with Gasteiger partial charge in [0.1, 0.15) is 16.3 Å². The topological polar surface area (TPSA) is 60.5 Å². The van der Waals surface area contributed by atoms with Gasteiger partial charge in [-0.2, -0.15) is 0 Å². The van der Waals surface area contributed by atoms with Gasteiger partial charge in [0.05, 0.1) is 24.6 Å². The minimum atomic E-state index is -0.120. The lowest BCUT2D eigenvalue weighted by Gasteiger charge is -2.08. The molecule has 0 saturated carbocycles. The summed E-state index contributed by atoms with van der Waals surface area (Å²) in [6, 6.07) is 17.3. The van der Waals surface area contributed by atoms with Crippen molar-refractivity contribution in [2.75, 3.05) is 14.2 Å². The van der Waals surface area contributed by atoms with Crippen LogP contribution in [0.2, 0.25) is 0 Å². The Balaban J connectivity index is 1.59. The maximum absolute atomic E-state index is 12.6. The van der Waals surface area contributed by atoms with E-state index in [1.165, 1.54) is 11.3 Å². The summed E-state index contributed by atoms with van der Waals surface area (Å²) in [5.41, 5.74) is 1.82. The summed E-state index contributed by atoms with van der Waals surface area (Å²) in [6.45, 7) is 0.406. The predicted molar refractivity (Wildman–Crippen MR) is 108 cm³/mol. The smallest absolute Gasteiger partial charge is 0.261 e. The van der Waals surface area contributed by atoms with Gasteiger partial charge in [-0.15, -0.1) is 11.3 Å². The number of rotatable bonds is 5. The average Bonchev–Trinajstić information content (AvgIpc) is 3.12. The molecule has 2 heterocycles. The van der Waals surface area contributed by atoms with Crippen LogP contribution in [-0.4, -0.2) is 25.1 Å². The SMILES string of the molecule is COc1ccc2nc3sc(C(=O)NCc4ccccc4OC)cc3cc2c1. The minimum Gasteiger partial charge on any atom is -0.497 e. The number of pyridine rings is 1. The first-order valence-corrected chi connectivity index (χ1v) is 9.28. The number of thiophene rings is 1. The number of aromatic nitrogens is 1. The van der Waals surface area contributed by atoms with Gasteiger partial charge in [-0.1, -0.05) is 18.2 Å². The van der Waals surface area contributed by atoms with Gasteiger partial charge in [0, 0.05) is 22.9 Å². The summed E-state index contributed by atoms with van der Waals surface area (Å²) >= 11 is 1.39. The van der Waals surface area contributed by atoms with Gasteiger partial charge in [0.25, 0.3) is 5.91 Å². The second-order valence-electron chi connectivity index (χ2n) is 6.05. The average molecular weight is 378 g/mol. The van der Waals surface area contributed by atoms with E-state index < -0.39 is 0 Å². The number of hydrogen-bond acceptors (Lipinski definition) is 5. The fraction of sp³-hybridized carbons (Fsp3) is 0.143. The number of nitrogens with one attached hydrogen (secondary N) is 1. The van der Waals surface area contributed by atoms with E-state index in [1.807, 2.05) is 54.6 Å². The molecular formula is C21H18N2O3S. The molecule has 0 atom stereocenters. The molecule has 4 aromatic rings. The van der Waals surface area contributed by atoms with Crippen molar-refractivity contribution in [2.24, 2.45) is 0 Å². The predicted octanol–water partition coefficient (Wildman–Crippen LogP) is 4.40. The van der Waals surface area contributed by atoms with E-state index in [2.05, 4.69) is 10.3 Å². The van der Waals surface area contributed by atoms with Crippen LogP contribution in [0.15, 0.2) is 54.6 Å². The van der Waals surface area contributed by atoms with Crippen LogP contribution < -0.4 is 14.8 Å². The number of para-hydroxylation sites is 1. The van der Waals surface area contributed by atoms with Crippen LogP contribution in [0, 0.1) is 0 Å². The van der Waals surface area contributed by atoms with Gasteiger partial charge in [0.15, 0.2) is 0 Å². The summed E-state index contributed by atoms with van der Waals surface area (Å²) in [4.78, 5) is 18.7. The Morgan fingerprint density at radius 2 is 1.89 bits per heavy atom. The number of fused-ring (bicyclic) bond motifs is 2. The molecule has 0 spiro atoms. The number of carbonyl (C=O) groups excluding carboxylic acids is 1. The highest BCUT2D eigenvalue weighted by Crippen LogP contribution is 2.29. The van der Waals surface area contributed by atoms with Crippen molar-refractivity contribution in [3.8, 4) is 11.5 Å². The molecule has 27 heavy (non-hydrogen) atoms. The molecule has 6 heteroatoms. The monoisotopic (exact) mass is 378 g/mol. The van der Waals surface area contributed by atoms with Gasteiger partial charge in [-0.25, -0.2) is 4.98 Å². The summed E-state index contributed by atoms with van der Waals surface area (Å²) in [7, 11) is 3.26. The first-order chi connectivity index (χ1) is 13.2. The second kappa shape index (κ2) is 7.25. The quantitative estimate of drug-likeness (QED) is 0.559. The number of ether oxygens (including phenoxy) is 2. The third kappa shape index (κ3) is 3.44. The van der Waals surface area contributed by atoms with E-state index in [4.69, 9.17) is 9.47 Å². The molecule has 0 bridgehead atoms. The Hall–Kier alpha value is -3.12. The maximum Gasteiger partial charge on any atom is 0.261 e. The molecule has 0 aliphatic heterocycles. The zero-order valence-electron chi connectivity index (χ0n) is 15.0. The Morgan fingerprint density at radius 1 is 1.04 bits per heavy atom. The highest BCUT2D eigenvalue weighted by molar-refractivity contribution is 7.20. The van der Waals surface area contributed by atoms with Crippen molar-refractivity contribution < 1.29 is 14.3 Å². The number of nitrogens with zero attached hydrogens (tertiary/aromatic N) is 1. The fourth-order valence-electron chi connectivity index (χ4n) is 2.96. The van der Waals surface area contributed by atoms with Crippen LogP contribution in [-0.2, 0) is 6.54 Å². The van der Waals surface area contributed by atoms with Gasteiger partial charge < -0.3 is 14.8 Å². The molecule has 0 fully saturated rings. The zero-order valence-corrected chi connectivity index (χ0v) is 15.8. The third-order valence-corrected chi connectivity index (χ3v) is 5.41. The molecular weight excluding hydrogens is 360 g/mol. The Labute approximate surface area is 160 Å². The Bertz CT molecular complexity index is 1140. The molecule has 0 aliphatic rings. The van der Waals surface area contributed by atoms with Crippen LogP contribution in [0.5, 0.6) is 11.5 Å². The molecule has 136 valence electrons. The molecule has 2 aromatic heterocycles. The van der Waals surface area contributed by atoms with Crippen molar-refractivity contribution in [2.45, 2.75) is 6.54 Å². The molecule has 2 aromatic carbocycles. The van der Waals surface area contributed by atoms with Crippen molar-refractivity contribution in [3.05, 3.63) is 65.0 Å². The van der Waals surface area contributed by atoms with Gasteiger partial charge in [0.2, 0.25) is 0 Å². The van der Waals surface area contributed by atoms with Crippen LogP contribution >= 0.6 is 11.3 Å². The second-order valence-corrected chi connectivity index (χ2v) is 7.08. The number of hydrogen-bond donors (Lipinski definition) is 1. The number of benzene rings is 2. The standard InChI is InChI=1S/C21H18N2O3S/c1-25-16-7-8-17-14(10-16)9-15-11-19(27-21(15)23-17)20(24)22-12-13-5-3-4-6-18(13)26-2/h3-11H,12H2,1-2H3,(H,22,24). The van der Waals surface area contributed by atoms with E-state index in [9.17, 15) is 4.79 Å². The van der Waals surface area contributed by atoms with E-state index in [-0.39, 0.29) is 5.91 Å². The molecule has 1 N–H and O–H groups in total. The maximum atomic E-state index is 12.6. The summed E-state index contributed by atoms with van der Waals surface area (Å²) in [5, 5.41) is 4.89. The van der Waals surface area contributed by atoms with E-state index in [0.717, 1.165) is 38.2 Å². The minimum absolute atomic E-state index is 0.120. The van der Waals surface area contributed by atoms with Gasteiger partial charge in [-0.05, 0) is 36.4 Å². The lowest BCUT2D eigenvalue weighted by atomic mass is 10.2. The van der Waals surface area contributed by atoms with Crippen LogP contribution in [0.3, 0.4) is 0 Å². The van der Waals surface area contributed by atoms with Crippen molar-refractivity contribution in [1.82, 2.24) is 10.3 Å². The molecule has 0 unspecified atom stereocenters. The summed E-state index contributed by atoms with van der Waals surface area (Å²) < 4.78 is 10.6. The fourth-order valence-corrected chi connectivity index (χ4v) is 3.90. The van der Waals surface area contributed by atoms with Crippen molar-refractivity contribution in [3.63, 3.8) is 0 Å². The number of carbonyl (C=O) groups is 1. The molecule has 0 saturated heterocycles. The van der Waals surface area contributed by atoms with Gasteiger partial charge >= 0.3 is 0 Å². The van der Waals surface area contributed by atoms with E-state index in [1.54, 1.807) is 14.2 Å². The van der Waals surface area contributed by atoms with E-state index in [0.29, 0.717) is 11.4 Å². The third-order valence-electron chi connectivity index (χ3n) is 4.36.